The molecule has 2 heteroatoms. The highest BCUT2D eigenvalue weighted by Gasteiger charge is 2.21. The average Bonchev–Trinajstić information content (AvgIpc) is 2.48. The molecule has 1 aliphatic rings. The van der Waals surface area contributed by atoms with Gasteiger partial charge in [0.25, 0.3) is 0 Å². The molecule has 1 aromatic heterocycles. The number of para-hydroxylation sites is 1. The summed E-state index contributed by atoms with van der Waals surface area (Å²) in [5.41, 5.74) is 6.97. The van der Waals surface area contributed by atoms with Crippen molar-refractivity contribution in [3.05, 3.63) is 59.2 Å². The van der Waals surface area contributed by atoms with Gasteiger partial charge in [0.05, 0.1) is 11.2 Å². The SMILES string of the molecule is Cc1ccc2c(c1C)-c1nc3ccccc3cc1CO2. The fourth-order valence-corrected chi connectivity index (χ4v) is 2.85. The summed E-state index contributed by atoms with van der Waals surface area (Å²) in [4.78, 5) is 4.88. The maximum absolute atomic E-state index is 5.89. The molecule has 2 heterocycles. The first-order chi connectivity index (χ1) is 9.74. The summed E-state index contributed by atoms with van der Waals surface area (Å²) in [6.45, 7) is 4.87. The summed E-state index contributed by atoms with van der Waals surface area (Å²) in [7, 11) is 0. The zero-order valence-electron chi connectivity index (χ0n) is 11.6. The van der Waals surface area contributed by atoms with Crippen molar-refractivity contribution in [2.45, 2.75) is 20.5 Å². The average molecular weight is 261 g/mol. The van der Waals surface area contributed by atoms with Crippen molar-refractivity contribution in [2.24, 2.45) is 0 Å². The van der Waals surface area contributed by atoms with Gasteiger partial charge in [-0.3, -0.25) is 0 Å². The number of fused-ring (bicyclic) bond motifs is 4. The Hall–Kier alpha value is -2.35. The van der Waals surface area contributed by atoms with Gasteiger partial charge < -0.3 is 4.74 Å². The molecule has 0 aliphatic carbocycles. The van der Waals surface area contributed by atoms with Gasteiger partial charge in [-0.15, -0.1) is 0 Å². The number of ether oxygens (including phenoxy) is 1. The molecule has 3 aromatic rings. The summed E-state index contributed by atoms with van der Waals surface area (Å²) in [5.74, 6) is 0.948. The predicted molar refractivity (Wildman–Crippen MR) is 81.0 cm³/mol. The van der Waals surface area contributed by atoms with Crippen LogP contribution in [0, 0.1) is 13.8 Å². The van der Waals surface area contributed by atoms with E-state index < -0.39 is 0 Å². The lowest BCUT2D eigenvalue weighted by molar-refractivity contribution is 0.301. The van der Waals surface area contributed by atoms with E-state index in [-0.39, 0.29) is 0 Å². The van der Waals surface area contributed by atoms with Crippen LogP contribution in [0.2, 0.25) is 0 Å². The highest BCUT2D eigenvalue weighted by atomic mass is 16.5. The summed E-state index contributed by atoms with van der Waals surface area (Å²) in [6.07, 6.45) is 0. The van der Waals surface area contributed by atoms with Gasteiger partial charge in [0.1, 0.15) is 12.4 Å². The lowest BCUT2D eigenvalue weighted by atomic mass is 9.94. The fraction of sp³-hybridized carbons (Fsp3) is 0.167. The van der Waals surface area contributed by atoms with Crippen LogP contribution in [0.1, 0.15) is 16.7 Å². The maximum Gasteiger partial charge on any atom is 0.129 e. The van der Waals surface area contributed by atoms with Crippen molar-refractivity contribution >= 4 is 10.9 Å². The molecule has 0 saturated carbocycles. The lowest BCUT2D eigenvalue weighted by Crippen LogP contribution is -2.09. The van der Waals surface area contributed by atoms with E-state index in [1.54, 1.807) is 0 Å². The van der Waals surface area contributed by atoms with Crippen molar-refractivity contribution < 1.29 is 4.74 Å². The Morgan fingerprint density at radius 3 is 2.80 bits per heavy atom. The van der Waals surface area contributed by atoms with Crippen LogP contribution in [-0.4, -0.2) is 4.98 Å². The predicted octanol–water partition coefficient (Wildman–Crippen LogP) is 4.41. The summed E-state index contributed by atoms with van der Waals surface area (Å²) in [6, 6.07) is 14.6. The minimum Gasteiger partial charge on any atom is -0.488 e. The number of hydrogen-bond donors (Lipinski definition) is 0. The van der Waals surface area contributed by atoms with Crippen LogP contribution in [0.3, 0.4) is 0 Å². The minimum absolute atomic E-state index is 0.600. The first kappa shape index (κ1) is 11.5. The van der Waals surface area contributed by atoms with E-state index in [2.05, 4.69) is 44.2 Å². The Morgan fingerprint density at radius 2 is 1.90 bits per heavy atom. The smallest absolute Gasteiger partial charge is 0.129 e. The van der Waals surface area contributed by atoms with Crippen molar-refractivity contribution in [3.63, 3.8) is 0 Å². The Morgan fingerprint density at radius 1 is 1.05 bits per heavy atom. The van der Waals surface area contributed by atoms with E-state index in [9.17, 15) is 0 Å². The summed E-state index contributed by atoms with van der Waals surface area (Å²) >= 11 is 0. The Bertz CT molecular complexity index is 836. The summed E-state index contributed by atoms with van der Waals surface area (Å²) < 4.78 is 5.89. The molecular formula is C18H15NO. The number of hydrogen-bond acceptors (Lipinski definition) is 2. The second-order valence-electron chi connectivity index (χ2n) is 5.36. The molecule has 0 bridgehead atoms. The van der Waals surface area contributed by atoms with Crippen molar-refractivity contribution in [1.29, 1.82) is 0 Å². The first-order valence-corrected chi connectivity index (χ1v) is 6.86. The highest BCUT2D eigenvalue weighted by molar-refractivity contribution is 5.86. The monoisotopic (exact) mass is 261 g/mol. The number of aryl methyl sites for hydroxylation is 1. The molecular weight excluding hydrogens is 246 g/mol. The fourth-order valence-electron chi connectivity index (χ4n) is 2.85. The minimum atomic E-state index is 0.600. The number of benzene rings is 2. The molecule has 1 aliphatic heterocycles. The Balaban J connectivity index is 2.08. The van der Waals surface area contributed by atoms with E-state index in [1.165, 1.54) is 22.1 Å². The third-order valence-corrected chi connectivity index (χ3v) is 4.12. The quantitative estimate of drug-likeness (QED) is 0.598. The Kier molecular flexibility index (Phi) is 2.34. The third-order valence-electron chi connectivity index (χ3n) is 4.12. The van der Waals surface area contributed by atoms with Gasteiger partial charge in [0.15, 0.2) is 0 Å². The molecule has 0 atom stereocenters. The highest BCUT2D eigenvalue weighted by Crippen LogP contribution is 2.40. The molecule has 0 saturated heterocycles. The first-order valence-electron chi connectivity index (χ1n) is 6.86. The zero-order valence-corrected chi connectivity index (χ0v) is 11.6. The standard InChI is InChI=1S/C18H15NO/c1-11-7-8-16-17(12(11)2)18-14(10-20-16)9-13-5-3-4-6-15(13)19-18/h3-9H,10H2,1-2H3. The van der Waals surface area contributed by atoms with Gasteiger partial charge in [-0.1, -0.05) is 24.3 Å². The van der Waals surface area contributed by atoms with Gasteiger partial charge >= 0.3 is 0 Å². The van der Waals surface area contributed by atoms with Gasteiger partial charge in [-0.05, 0) is 43.2 Å². The van der Waals surface area contributed by atoms with Gasteiger partial charge in [0, 0.05) is 16.5 Å². The van der Waals surface area contributed by atoms with Gasteiger partial charge in [0.2, 0.25) is 0 Å². The van der Waals surface area contributed by atoms with Crippen LogP contribution >= 0.6 is 0 Å². The molecule has 0 N–H and O–H groups in total. The molecule has 20 heavy (non-hydrogen) atoms. The second-order valence-corrected chi connectivity index (χ2v) is 5.36. The van der Waals surface area contributed by atoms with Crippen LogP contribution < -0.4 is 4.74 Å². The third kappa shape index (κ3) is 1.54. The van der Waals surface area contributed by atoms with Crippen molar-refractivity contribution in [2.75, 3.05) is 0 Å². The molecule has 0 spiro atoms. The van der Waals surface area contributed by atoms with Crippen LogP contribution in [0.15, 0.2) is 42.5 Å². The molecule has 0 radical (unpaired) electrons. The van der Waals surface area contributed by atoms with Gasteiger partial charge in [-0.25, -0.2) is 4.98 Å². The van der Waals surface area contributed by atoms with E-state index >= 15 is 0 Å². The molecule has 0 amide bonds. The normalized spacial score (nSPS) is 12.7. The van der Waals surface area contributed by atoms with Gasteiger partial charge in [-0.2, -0.15) is 0 Å². The number of rotatable bonds is 0. The van der Waals surface area contributed by atoms with Crippen LogP contribution in [0.4, 0.5) is 0 Å². The lowest BCUT2D eigenvalue weighted by Gasteiger charge is -2.23. The van der Waals surface area contributed by atoms with Crippen LogP contribution in [0.25, 0.3) is 22.2 Å². The molecule has 2 aromatic carbocycles. The summed E-state index contributed by atoms with van der Waals surface area (Å²) in [5, 5.41) is 1.17. The topological polar surface area (TPSA) is 22.1 Å². The number of nitrogens with zero attached hydrogens (tertiary/aromatic N) is 1. The zero-order chi connectivity index (χ0) is 13.7. The number of aromatic nitrogens is 1. The van der Waals surface area contributed by atoms with E-state index in [0.717, 1.165) is 22.5 Å². The maximum atomic E-state index is 5.89. The molecule has 0 unspecified atom stereocenters. The van der Waals surface area contributed by atoms with Crippen LogP contribution in [0.5, 0.6) is 5.75 Å². The Labute approximate surface area is 118 Å². The van der Waals surface area contributed by atoms with Crippen molar-refractivity contribution in [1.82, 2.24) is 4.98 Å². The molecule has 0 fully saturated rings. The largest absolute Gasteiger partial charge is 0.488 e. The van der Waals surface area contributed by atoms with E-state index in [1.807, 2.05) is 12.1 Å². The molecule has 98 valence electrons. The molecule has 4 rings (SSSR count). The number of pyridine rings is 1. The van der Waals surface area contributed by atoms with Crippen LogP contribution in [-0.2, 0) is 6.61 Å². The second kappa shape index (κ2) is 4.07. The van der Waals surface area contributed by atoms with E-state index in [0.29, 0.717) is 6.61 Å². The van der Waals surface area contributed by atoms with E-state index in [4.69, 9.17) is 9.72 Å². The molecule has 2 nitrogen and oxygen atoms in total. The van der Waals surface area contributed by atoms with Crippen molar-refractivity contribution in [3.8, 4) is 17.0 Å².